The summed E-state index contributed by atoms with van der Waals surface area (Å²) in [5, 5.41) is 27.5. The second kappa shape index (κ2) is 9.22. The van der Waals surface area contributed by atoms with Gasteiger partial charge in [-0.3, -0.25) is 0 Å². The van der Waals surface area contributed by atoms with E-state index < -0.39 is 5.41 Å². The lowest BCUT2D eigenvalue weighted by Gasteiger charge is -2.34. The second-order valence-electron chi connectivity index (χ2n) is 11.6. The summed E-state index contributed by atoms with van der Waals surface area (Å²) in [7, 11) is 0. The number of hydrogen-bond donors (Lipinski definition) is 2. The molecule has 0 saturated heterocycles. The first-order valence-electron chi connectivity index (χ1n) is 14.7. The molecule has 0 amide bonds. The molecule has 7 aromatic carbocycles. The first-order valence-corrected chi connectivity index (χ1v) is 14.7. The van der Waals surface area contributed by atoms with Crippen LogP contribution < -0.4 is 0 Å². The van der Waals surface area contributed by atoms with Gasteiger partial charge in [-0.05, 0) is 126 Å². The Labute approximate surface area is 245 Å². The van der Waals surface area contributed by atoms with Crippen molar-refractivity contribution in [1.29, 1.82) is 0 Å². The van der Waals surface area contributed by atoms with Gasteiger partial charge in [-0.15, -0.1) is 0 Å². The lowest BCUT2D eigenvalue weighted by Crippen LogP contribution is -2.28. The van der Waals surface area contributed by atoms with E-state index in [1.54, 1.807) is 6.07 Å². The van der Waals surface area contributed by atoms with E-state index in [9.17, 15) is 10.2 Å². The number of fused-ring (bicyclic) bond motifs is 6. The number of aryl methyl sites for hydroxylation is 1. The quantitative estimate of drug-likeness (QED) is 0.232. The minimum atomic E-state index is -0.558. The van der Waals surface area contributed by atoms with Crippen LogP contribution in [-0.2, 0) is 11.8 Å². The fourth-order valence-electron chi connectivity index (χ4n) is 7.35. The summed E-state index contributed by atoms with van der Waals surface area (Å²) in [6.45, 7) is 2.18. The summed E-state index contributed by atoms with van der Waals surface area (Å²) in [5.74, 6) is 0.587. The van der Waals surface area contributed by atoms with E-state index in [4.69, 9.17) is 0 Å². The molecule has 1 unspecified atom stereocenters. The zero-order valence-electron chi connectivity index (χ0n) is 23.4. The molecule has 7 aromatic rings. The summed E-state index contributed by atoms with van der Waals surface area (Å²) in [6.07, 6.45) is 1.90. The second-order valence-corrected chi connectivity index (χ2v) is 11.6. The zero-order chi connectivity index (χ0) is 28.4. The van der Waals surface area contributed by atoms with Crippen LogP contribution in [0.3, 0.4) is 0 Å². The zero-order valence-corrected chi connectivity index (χ0v) is 23.4. The molecule has 2 N–H and O–H groups in total. The highest BCUT2D eigenvalue weighted by Gasteiger charge is 2.46. The third-order valence-electron chi connectivity index (χ3n) is 9.15. The standard InChI is InChI=1S/C40H30O2/c1-2-7-29-20-34(42)21-30-13-16-32(24-36(29)30)40(31-15-12-28-19-33(41)17-14-27(28)18-31)38-11-6-5-10-35(38)37-22-25-8-3-4-9-26(25)23-39(37)40/h3-6,8-24,41-42H,2,7H2,1H3. The smallest absolute Gasteiger partial charge is 0.116 e. The molecule has 202 valence electrons. The molecule has 2 nitrogen and oxygen atoms in total. The van der Waals surface area contributed by atoms with Gasteiger partial charge >= 0.3 is 0 Å². The van der Waals surface area contributed by atoms with Crippen LogP contribution >= 0.6 is 0 Å². The van der Waals surface area contributed by atoms with Crippen molar-refractivity contribution in [3.63, 3.8) is 0 Å². The SMILES string of the molecule is CCCc1cc(O)cc2ccc(C3(c4ccc5cc(O)ccc5c4)c4ccccc4-c4cc5ccccc5cc43)cc12. The van der Waals surface area contributed by atoms with Gasteiger partial charge in [-0.1, -0.05) is 92.2 Å². The monoisotopic (exact) mass is 542 g/mol. The number of aromatic hydroxyl groups is 2. The number of hydrogen-bond acceptors (Lipinski definition) is 2. The summed E-state index contributed by atoms with van der Waals surface area (Å²) < 4.78 is 0. The highest BCUT2D eigenvalue weighted by molar-refractivity contribution is 5.98. The lowest BCUT2D eigenvalue weighted by atomic mass is 9.67. The van der Waals surface area contributed by atoms with E-state index in [0.717, 1.165) is 29.0 Å². The van der Waals surface area contributed by atoms with Crippen LogP contribution in [0.2, 0.25) is 0 Å². The normalized spacial score (nSPS) is 15.7. The van der Waals surface area contributed by atoms with Crippen LogP contribution in [0.15, 0.2) is 127 Å². The number of phenols is 2. The Balaban J connectivity index is 1.53. The Morgan fingerprint density at radius 1 is 0.500 bits per heavy atom. The molecule has 0 saturated carbocycles. The lowest BCUT2D eigenvalue weighted by molar-refractivity contribution is 0.475. The van der Waals surface area contributed by atoms with Crippen molar-refractivity contribution in [2.45, 2.75) is 25.2 Å². The maximum Gasteiger partial charge on any atom is 0.116 e. The number of rotatable bonds is 4. The van der Waals surface area contributed by atoms with Gasteiger partial charge in [0.1, 0.15) is 11.5 Å². The Morgan fingerprint density at radius 3 is 1.98 bits per heavy atom. The van der Waals surface area contributed by atoms with Gasteiger partial charge < -0.3 is 10.2 Å². The van der Waals surface area contributed by atoms with Gasteiger partial charge in [-0.2, -0.15) is 0 Å². The van der Waals surface area contributed by atoms with E-state index >= 15 is 0 Å². The highest BCUT2D eigenvalue weighted by atomic mass is 16.3. The molecule has 0 bridgehead atoms. The minimum absolute atomic E-state index is 0.272. The molecule has 2 heteroatoms. The first-order chi connectivity index (χ1) is 20.6. The molecule has 0 aromatic heterocycles. The molecular weight excluding hydrogens is 512 g/mol. The Morgan fingerprint density at radius 2 is 1.14 bits per heavy atom. The van der Waals surface area contributed by atoms with Gasteiger partial charge in [0.2, 0.25) is 0 Å². The van der Waals surface area contributed by atoms with Crippen LogP contribution in [0.5, 0.6) is 11.5 Å². The van der Waals surface area contributed by atoms with E-state index in [1.807, 2.05) is 24.3 Å². The van der Waals surface area contributed by atoms with E-state index in [1.165, 1.54) is 55.1 Å². The molecule has 42 heavy (non-hydrogen) atoms. The van der Waals surface area contributed by atoms with E-state index in [-0.39, 0.29) is 5.75 Å². The summed E-state index contributed by atoms with van der Waals surface area (Å²) in [5.41, 5.74) is 8.06. The first kappa shape index (κ1) is 24.7. The Hall–Kier alpha value is -5.08. The summed E-state index contributed by atoms with van der Waals surface area (Å²) in [4.78, 5) is 0. The van der Waals surface area contributed by atoms with Gasteiger partial charge in [0, 0.05) is 0 Å². The third kappa shape index (κ3) is 3.51. The number of phenolic OH excluding ortho intramolecular Hbond substituents is 2. The minimum Gasteiger partial charge on any atom is -0.508 e. The van der Waals surface area contributed by atoms with Gasteiger partial charge in [-0.25, -0.2) is 0 Å². The van der Waals surface area contributed by atoms with E-state index in [0.29, 0.717) is 5.75 Å². The average molecular weight is 543 g/mol. The van der Waals surface area contributed by atoms with E-state index in [2.05, 4.69) is 104 Å². The fourth-order valence-corrected chi connectivity index (χ4v) is 7.35. The maximum absolute atomic E-state index is 10.5. The topological polar surface area (TPSA) is 40.5 Å². The molecule has 0 heterocycles. The molecule has 0 radical (unpaired) electrons. The van der Waals surface area contributed by atoms with Crippen molar-refractivity contribution in [2.24, 2.45) is 0 Å². The van der Waals surface area contributed by atoms with Crippen LogP contribution in [0.1, 0.15) is 41.2 Å². The molecular formula is C40H30O2. The predicted molar refractivity (Wildman–Crippen MR) is 174 cm³/mol. The van der Waals surface area contributed by atoms with Crippen molar-refractivity contribution < 1.29 is 10.2 Å². The Bertz CT molecular complexity index is 2190. The highest BCUT2D eigenvalue weighted by Crippen LogP contribution is 2.57. The largest absolute Gasteiger partial charge is 0.508 e. The average Bonchev–Trinajstić information content (AvgIpc) is 3.29. The van der Waals surface area contributed by atoms with Crippen molar-refractivity contribution >= 4 is 32.3 Å². The van der Waals surface area contributed by atoms with Crippen molar-refractivity contribution in [3.8, 4) is 22.6 Å². The van der Waals surface area contributed by atoms with Gasteiger partial charge in [0.05, 0.1) is 5.41 Å². The van der Waals surface area contributed by atoms with Crippen molar-refractivity contribution in [2.75, 3.05) is 0 Å². The van der Waals surface area contributed by atoms with Crippen LogP contribution in [0.25, 0.3) is 43.4 Å². The molecule has 1 aliphatic carbocycles. The van der Waals surface area contributed by atoms with Crippen molar-refractivity contribution in [3.05, 3.63) is 155 Å². The fraction of sp³-hybridized carbons (Fsp3) is 0.100. The predicted octanol–water partition coefficient (Wildman–Crippen LogP) is 9.87. The van der Waals surface area contributed by atoms with Gasteiger partial charge in [0.15, 0.2) is 0 Å². The molecule has 8 rings (SSSR count). The molecule has 0 aliphatic heterocycles. The van der Waals surface area contributed by atoms with Crippen molar-refractivity contribution in [1.82, 2.24) is 0 Å². The van der Waals surface area contributed by atoms with Crippen LogP contribution in [0.4, 0.5) is 0 Å². The molecule has 0 spiro atoms. The van der Waals surface area contributed by atoms with Crippen LogP contribution in [0, 0.1) is 0 Å². The third-order valence-corrected chi connectivity index (χ3v) is 9.15. The number of benzene rings is 7. The molecule has 0 fully saturated rings. The Kier molecular flexibility index (Phi) is 5.42. The van der Waals surface area contributed by atoms with Gasteiger partial charge in [0.25, 0.3) is 0 Å². The maximum atomic E-state index is 10.5. The van der Waals surface area contributed by atoms with Crippen LogP contribution in [-0.4, -0.2) is 10.2 Å². The molecule has 1 atom stereocenters. The summed E-state index contributed by atoms with van der Waals surface area (Å²) >= 11 is 0. The molecule has 1 aliphatic rings. The summed E-state index contributed by atoms with van der Waals surface area (Å²) in [6, 6.07) is 45.0.